The van der Waals surface area contributed by atoms with Crippen LogP contribution >= 0.6 is 0 Å². The van der Waals surface area contributed by atoms with E-state index in [1.54, 1.807) is 0 Å². The lowest BCUT2D eigenvalue weighted by Gasteiger charge is -2.24. The molecule has 2 fully saturated rings. The van der Waals surface area contributed by atoms with Gasteiger partial charge in [0.1, 0.15) is 0 Å². The molecule has 1 atom stereocenters. The van der Waals surface area contributed by atoms with E-state index in [0.717, 1.165) is 23.4 Å². The number of hydrogen-bond donors (Lipinski definition) is 1. The van der Waals surface area contributed by atoms with E-state index in [1.807, 2.05) is 71.3 Å². The number of para-hydroxylation sites is 1. The highest BCUT2D eigenvalue weighted by atomic mass is 16.2. The minimum absolute atomic E-state index is 0.0884. The van der Waals surface area contributed by atoms with E-state index < -0.39 is 0 Å². The Balaban J connectivity index is 1.44. The third-order valence-electron chi connectivity index (χ3n) is 5.38. The molecule has 3 amide bonds. The number of carbonyl (C=O) groups is 2. The monoisotopic (exact) mass is 349 g/mol. The minimum Gasteiger partial charge on any atom is -0.324 e. The minimum atomic E-state index is -0.130. The Hall–Kier alpha value is -2.82. The van der Waals surface area contributed by atoms with Gasteiger partial charge in [0.2, 0.25) is 5.91 Å². The number of nitrogens with zero attached hydrogens (tertiary/aromatic N) is 2. The van der Waals surface area contributed by atoms with E-state index in [0.29, 0.717) is 26.1 Å². The zero-order chi connectivity index (χ0) is 18.1. The number of carbonyl (C=O) groups excluding carboxylic acids is 2. The first kappa shape index (κ1) is 16.6. The van der Waals surface area contributed by atoms with Crippen molar-refractivity contribution in [3.63, 3.8) is 0 Å². The second-order valence-corrected chi connectivity index (χ2v) is 7.46. The lowest BCUT2D eigenvalue weighted by atomic mass is 9.86. The Morgan fingerprint density at radius 1 is 1.08 bits per heavy atom. The molecule has 2 aliphatic heterocycles. The van der Waals surface area contributed by atoms with E-state index in [9.17, 15) is 9.59 Å². The standard InChI is InChI=1S/C21H23N3O2/c1-16-6-5-9-18(12-16)24-15-21(13-19(24)25)10-11-23(14-21)20(26)22-17-7-3-2-4-8-17/h2-9,12H,10-11,13-15H2,1H3,(H,22,26). The number of rotatable bonds is 2. The van der Waals surface area contributed by atoms with Gasteiger partial charge in [0.05, 0.1) is 0 Å². The Kier molecular flexibility index (Phi) is 4.15. The van der Waals surface area contributed by atoms with Gasteiger partial charge in [-0.2, -0.15) is 0 Å². The fraction of sp³-hybridized carbons (Fsp3) is 0.333. The second-order valence-electron chi connectivity index (χ2n) is 7.46. The van der Waals surface area contributed by atoms with Crippen LogP contribution in [0.3, 0.4) is 0 Å². The van der Waals surface area contributed by atoms with Crippen molar-refractivity contribution in [2.24, 2.45) is 5.41 Å². The van der Waals surface area contributed by atoms with Crippen molar-refractivity contribution in [3.8, 4) is 0 Å². The van der Waals surface area contributed by atoms with Gasteiger partial charge in [-0.15, -0.1) is 0 Å². The Morgan fingerprint density at radius 3 is 2.65 bits per heavy atom. The second kappa shape index (κ2) is 6.48. The smallest absolute Gasteiger partial charge is 0.321 e. The summed E-state index contributed by atoms with van der Waals surface area (Å²) < 4.78 is 0. The highest BCUT2D eigenvalue weighted by molar-refractivity contribution is 5.97. The maximum atomic E-state index is 12.6. The molecule has 134 valence electrons. The molecular formula is C21H23N3O2. The molecule has 0 aromatic heterocycles. The number of nitrogens with one attached hydrogen (secondary N) is 1. The van der Waals surface area contributed by atoms with Gasteiger partial charge in [0, 0.05) is 42.8 Å². The van der Waals surface area contributed by atoms with Crippen LogP contribution in [0.1, 0.15) is 18.4 Å². The van der Waals surface area contributed by atoms with Crippen molar-refractivity contribution >= 4 is 23.3 Å². The molecule has 26 heavy (non-hydrogen) atoms. The first-order valence-electron chi connectivity index (χ1n) is 9.03. The molecule has 0 radical (unpaired) electrons. The van der Waals surface area contributed by atoms with Gasteiger partial charge >= 0.3 is 6.03 Å². The summed E-state index contributed by atoms with van der Waals surface area (Å²) in [6.45, 7) is 4.03. The molecule has 5 heteroatoms. The molecule has 1 N–H and O–H groups in total. The number of amides is 3. The lowest BCUT2D eigenvalue weighted by Crippen LogP contribution is -2.36. The molecule has 2 aromatic rings. The molecule has 2 aliphatic rings. The Morgan fingerprint density at radius 2 is 1.88 bits per heavy atom. The van der Waals surface area contributed by atoms with E-state index in [4.69, 9.17) is 0 Å². The number of anilines is 2. The van der Waals surface area contributed by atoms with Gasteiger partial charge < -0.3 is 15.1 Å². The fourth-order valence-corrected chi connectivity index (χ4v) is 4.03. The summed E-state index contributed by atoms with van der Waals surface area (Å²) in [5.41, 5.74) is 2.77. The molecule has 2 saturated heterocycles. The number of hydrogen-bond acceptors (Lipinski definition) is 2. The average Bonchev–Trinajstić information content (AvgIpc) is 3.19. The van der Waals surface area contributed by atoms with Crippen LogP contribution in [0.2, 0.25) is 0 Å². The Bertz CT molecular complexity index is 836. The van der Waals surface area contributed by atoms with Crippen LogP contribution in [-0.4, -0.2) is 36.5 Å². The van der Waals surface area contributed by atoms with Crippen LogP contribution in [0.15, 0.2) is 54.6 Å². The third-order valence-corrected chi connectivity index (χ3v) is 5.38. The first-order chi connectivity index (χ1) is 12.5. The molecule has 2 aromatic carbocycles. The highest BCUT2D eigenvalue weighted by Gasteiger charge is 2.48. The predicted molar refractivity (Wildman–Crippen MR) is 102 cm³/mol. The highest BCUT2D eigenvalue weighted by Crippen LogP contribution is 2.42. The van der Waals surface area contributed by atoms with Gasteiger partial charge in [-0.05, 0) is 43.2 Å². The molecule has 4 rings (SSSR count). The van der Waals surface area contributed by atoms with E-state index in [-0.39, 0.29) is 17.4 Å². The molecular weight excluding hydrogens is 326 g/mol. The van der Waals surface area contributed by atoms with E-state index in [1.165, 1.54) is 0 Å². The topological polar surface area (TPSA) is 52.6 Å². The molecule has 0 saturated carbocycles. The lowest BCUT2D eigenvalue weighted by molar-refractivity contribution is -0.117. The molecule has 1 unspecified atom stereocenters. The SMILES string of the molecule is Cc1cccc(N2CC3(CCN(C(=O)Nc4ccccc4)C3)CC2=O)c1. The van der Waals surface area contributed by atoms with Gasteiger partial charge in [0.15, 0.2) is 0 Å². The average molecular weight is 349 g/mol. The van der Waals surface area contributed by atoms with Crippen molar-refractivity contribution in [3.05, 3.63) is 60.2 Å². The summed E-state index contributed by atoms with van der Waals surface area (Å²) in [4.78, 5) is 28.9. The van der Waals surface area contributed by atoms with Gasteiger partial charge in [0.25, 0.3) is 0 Å². The van der Waals surface area contributed by atoms with Crippen LogP contribution in [0, 0.1) is 12.3 Å². The quantitative estimate of drug-likeness (QED) is 0.900. The summed E-state index contributed by atoms with van der Waals surface area (Å²) >= 11 is 0. The van der Waals surface area contributed by atoms with Crippen molar-refractivity contribution in [2.45, 2.75) is 19.8 Å². The predicted octanol–water partition coefficient (Wildman–Crippen LogP) is 3.66. The van der Waals surface area contributed by atoms with Gasteiger partial charge in [-0.1, -0.05) is 30.3 Å². The summed E-state index contributed by atoms with van der Waals surface area (Å²) in [5, 5.41) is 2.94. The third kappa shape index (κ3) is 3.17. The van der Waals surface area contributed by atoms with Crippen LogP contribution in [0.4, 0.5) is 16.2 Å². The maximum absolute atomic E-state index is 12.6. The molecule has 2 heterocycles. The summed E-state index contributed by atoms with van der Waals surface area (Å²) in [6, 6.07) is 17.4. The Labute approximate surface area is 153 Å². The number of benzene rings is 2. The largest absolute Gasteiger partial charge is 0.324 e. The number of likely N-dealkylation sites (tertiary alicyclic amines) is 1. The van der Waals surface area contributed by atoms with Crippen molar-refractivity contribution in [1.82, 2.24) is 4.90 Å². The zero-order valence-electron chi connectivity index (χ0n) is 14.9. The van der Waals surface area contributed by atoms with Crippen molar-refractivity contribution in [1.29, 1.82) is 0 Å². The van der Waals surface area contributed by atoms with Crippen molar-refractivity contribution < 1.29 is 9.59 Å². The van der Waals surface area contributed by atoms with Crippen LogP contribution in [0.25, 0.3) is 0 Å². The van der Waals surface area contributed by atoms with Crippen LogP contribution in [0.5, 0.6) is 0 Å². The molecule has 5 nitrogen and oxygen atoms in total. The van der Waals surface area contributed by atoms with Gasteiger partial charge in [-0.3, -0.25) is 4.79 Å². The first-order valence-corrected chi connectivity index (χ1v) is 9.03. The van der Waals surface area contributed by atoms with Crippen molar-refractivity contribution in [2.75, 3.05) is 29.9 Å². The summed E-state index contributed by atoms with van der Waals surface area (Å²) in [6.07, 6.45) is 1.37. The molecule has 0 bridgehead atoms. The molecule has 0 aliphatic carbocycles. The normalized spacial score (nSPS) is 22.3. The number of aryl methyl sites for hydroxylation is 1. The number of urea groups is 1. The van der Waals surface area contributed by atoms with Gasteiger partial charge in [-0.25, -0.2) is 4.79 Å². The fourth-order valence-electron chi connectivity index (χ4n) is 4.03. The zero-order valence-corrected chi connectivity index (χ0v) is 14.9. The van der Waals surface area contributed by atoms with Crippen LogP contribution < -0.4 is 10.2 Å². The van der Waals surface area contributed by atoms with Crippen LogP contribution in [-0.2, 0) is 4.79 Å². The molecule has 1 spiro atoms. The van der Waals surface area contributed by atoms with E-state index in [2.05, 4.69) is 5.32 Å². The van der Waals surface area contributed by atoms with E-state index >= 15 is 0 Å². The summed E-state index contributed by atoms with van der Waals surface area (Å²) in [7, 11) is 0. The summed E-state index contributed by atoms with van der Waals surface area (Å²) in [5.74, 6) is 0.154. The maximum Gasteiger partial charge on any atom is 0.321 e.